The van der Waals surface area contributed by atoms with E-state index in [4.69, 9.17) is 4.74 Å². The number of piperidine rings is 1. The van der Waals surface area contributed by atoms with Gasteiger partial charge in [0, 0.05) is 36.8 Å². The molecule has 1 spiro atoms. The quantitative estimate of drug-likeness (QED) is 0.287. The third-order valence-corrected chi connectivity index (χ3v) is 10.5. The Balaban J connectivity index is 1.26. The number of phenolic OH excluding ortho intramolecular Hbond substituents is 1. The van der Waals surface area contributed by atoms with Crippen molar-refractivity contribution in [1.82, 2.24) is 9.80 Å². The van der Waals surface area contributed by atoms with E-state index in [1.54, 1.807) is 7.05 Å². The molecule has 228 valence electrons. The van der Waals surface area contributed by atoms with Crippen LogP contribution in [-0.4, -0.2) is 74.8 Å². The number of alkyl halides is 3. The minimum atomic E-state index is -4.51. The number of halogens is 3. The van der Waals surface area contributed by atoms with Crippen molar-refractivity contribution in [3.63, 3.8) is 0 Å². The highest BCUT2D eigenvalue weighted by Gasteiger charge is 2.74. The van der Waals surface area contributed by atoms with Crippen molar-refractivity contribution in [2.24, 2.45) is 5.92 Å². The number of aromatic hydroxyl groups is 1. The fourth-order valence-corrected chi connectivity index (χ4v) is 8.35. The van der Waals surface area contributed by atoms with Gasteiger partial charge in [-0.2, -0.15) is 13.2 Å². The van der Waals surface area contributed by atoms with Gasteiger partial charge in [-0.1, -0.05) is 12.1 Å². The summed E-state index contributed by atoms with van der Waals surface area (Å²) in [5, 5.41) is 35.7. The Hall–Kier alpha value is -3.64. The SMILES string of the molecule is CN(C(=O)C=Cc1cccc(C(F)(F)F)c1)[C@H]1CC[C@@]2(O)[C@H]3Cc4c([N+](=O)[O-])cc(O)c5c4[C@@]2(CCN3CC2CC2)[C@H]1O5. The van der Waals surface area contributed by atoms with E-state index in [9.17, 15) is 38.3 Å². The molecule has 0 aromatic heterocycles. The maximum atomic E-state index is 13.4. The van der Waals surface area contributed by atoms with E-state index in [0.717, 1.165) is 37.6 Å². The molecule has 0 radical (unpaired) electrons. The molecule has 1 saturated heterocycles. The second-order valence-electron chi connectivity index (χ2n) is 12.7. The van der Waals surface area contributed by atoms with E-state index in [1.165, 1.54) is 29.2 Å². The van der Waals surface area contributed by atoms with Gasteiger partial charge < -0.3 is 19.8 Å². The van der Waals surface area contributed by atoms with Crippen LogP contribution in [0.15, 0.2) is 36.4 Å². The molecular formula is C31H32F3N3O6. The second kappa shape index (κ2) is 9.43. The lowest BCUT2D eigenvalue weighted by atomic mass is 9.48. The average molecular weight is 600 g/mol. The van der Waals surface area contributed by atoms with E-state index < -0.39 is 45.7 Å². The number of hydrogen-bond acceptors (Lipinski definition) is 7. The number of carbonyl (C=O) groups is 1. The van der Waals surface area contributed by atoms with Gasteiger partial charge in [-0.15, -0.1) is 0 Å². The Morgan fingerprint density at radius 2 is 2.02 bits per heavy atom. The minimum Gasteiger partial charge on any atom is -0.504 e. The number of ether oxygens (including phenoxy) is 1. The van der Waals surface area contributed by atoms with E-state index in [2.05, 4.69) is 4.90 Å². The molecule has 9 nitrogen and oxygen atoms in total. The van der Waals surface area contributed by atoms with Crippen LogP contribution in [0.5, 0.6) is 11.5 Å². The van der Waals surface area contributed by atoms with Gasteiger partial charge >= 0.3 is 6.18 Å². The molecule has 5 atom stereocenters. The first-order valence-corrected chi connectivity index (χ1v) is 14.6. The van der Waals surface area contributed by atoms with Gasteiger partial charge in [-0.05, 0) is 74.8 Å². The number of carbonyl (C=O) groups excluding carboxylic acids is 1. The van der Waals surface area contributed by atoms with Gasteiger partial charge in [0.2, 0.25) is 5.91 Å². The highest BCUT2D eigenvalue weighted by molar-refractivity contribution is 5.92. The molecule has 12 heteroatoms. The second-order valence-corrected chi connectivity index (χ2v) is 12.7. The Kier molecular flexibility index (Phi) is 6.17. The summed E-state index contributed by atoms with van der Waals surface area (Å²) in [7, 11) is 1.59. The number of phenols is 1. The van der Waals surface area contributed by atoms with Crippen LogP contribution in [0, 0.1) is 16.0 Å². The molecule has 3 fully saturated rings. The van der Waals surface area contributed by atoms with Crippen LogP contribution >= 0.6 is 0 Å². The first kappa shape index (κ1) is 28.1. The van der Waals surface area contributed by atoms with E-state index in [0.29, 0.717) is 42.9 Å². The zero-order chi connectivity index (χ0) is 30.5. The van der Waals surface area contributed by atoms with E-state index in [1.807, 2.05) is 0 Å². The highest BCUT2D eigenvalue weighted by atomic mass is 19.4. The lowest BCUT2D eigenvalue weighted by Gasteiger charge is -2.64. The summed E-state index contributed by atoms with van der Waals surface area (Å²) in [5.74, 6) is -0.153. The lowest BCUT2D eigenvalue weighted by molar-refractivity contribution is -0.386. The van der Waals surface area contributed by atoms with Crippen LogP contribution in [0.3, 0.4) is 0 Å². The molecule has 2 heterocycles. The van der Waals surface area contributed by atoms with Gasteiger partial charge in [0.05, 0.1) is 33.6 Å². The molecule has 2 aromatic rings. The van der Waals surface area contributed by atoms with Gasteiger partial charge in [0.25, 0.3) is 5.69 Å². The predicted octanol–water partition coefficient (Wildman–Crippen LogP) is 4.42. The number of hydrogen-bond donors (Lipinski definition) is 2. The highest BCUT2D eigenvalue weighted by Crippen LogP contribution is 2.67. The van der Waals surface area contributed by atoms with Gasteiger partial charge in [-0.3, -0.25) is 19.8 Å². The topological polar surface area (TPSA) is 116 Å². The van der Waals surface area contributed by atoms with Crippen LogP contribution in [0.1, 0.15) is 54.4 Å². The fourth-order valence-electron chi connectivity index (χ4n) is 8.35. The normalized spacial score (nSPS) is 31.0. The third-order valence-electron chi connectivity index (χ3n) is 10.5. The maximum absolute atomic E-state index is 13.4. The van der Waals surface area contributed by atoms with E-state index >= 15 is 0 Å². The monoisotopic (exact) mass is 599 g/mol. The van der Waals surface area contributed by atoms with Gasteiger partial charge in [-0.25, -0.2) is 0 Å². The van der Waals surface area contributed by atoms with Crippen LogP contribution in [0.25, 0.3) is 6.08 Å². The van der Waals surface area contributed by atoms with Crippen molar-refractivity contribution < 1.29 is 37.8 Å². The van der Waals surface area contributed by atoms with Crippen LogP contribution in [-0.2, 0) is 22.8 Å². The smallest absolute Gasteiger partial charge is 0.416 e. The number of aliphatic hydroxyl groups is 1. The van der Waals surface area contributed by atoms with Crippen LogP contribution in [0.4, 0.5) is 18.9 Å². The van der Waals surface area contributed by atoms with Crippen molar-refractivity contribution in [3.8, 4) is 11.5 Å². The fraction of sp³-hybridized carbons (Fsp3) is 0.516. The number of rotatable bonds is 6. The summed E-state index contributed by atoms with van der Waals surface area (Å²) in [4.78, 5) is 28.8. The molecule has 2 aliphatic heterocycles. The van der Waals surface area contributed by atoms with Crippen LogP contribution in [0.2, 0.25) is 0 Å². The predicted molar refractivity (Wildman–Crippen MR) is 148 cm³/mol. The molecular weight excluding hydrogens is 567 g/mol. The maximum Gasteiger partial charge on any atom is 0.416 e. The molecule has 2 saturated carbocycles. The Labute approximate surface area is 245 Å². The lowest BCUT2D eigenvalue weighted by Crippen LogP contribution is -2.78. The minimum absolute atomic E-state index is 0.130. The number of likely N-dealkylation sites (tertiary alicyclic amines) is 1. The number of amides is 1. The standard InChI is InChI=1S/C31H32F3N3O6/c1-35(25(39)8-7-17-3-2-4-19(13-17)31(32,33)34)21-9-10-30(40)24-14-20-22(37(41)42)15-23(38)27-26(20)29(30,28(21)43-27)11-12-36(24)16-18-5-6-18/h2-4,7-8,13,15,18,21,24,28,38,40H,5-6,9-12,14,16H2,1H3/t21-,24+,28-,29-,30+/m0/s1. The molecule has 43 heavy (non-hydrogen) atoms. The first-order chi connectivity index (χ1) is 20.3. The first-order valence-electron chi connectivity index (χ1n) is 14.6. The van der Waals surface area contributed by atoms with Crippen LogP contribution < -0.4 is 4.74 Å². The zero-order valence-electron chi connectivity index (χ0n) is 23.5. The van der Waals surface area contributed by atoms with Gasteiger partial charge in [0.1, 0.15) is 6.10 Å². The number of nitro benzene ring substituents is 1. The average Bonchev–Trinajstić information content (AvgIpc) is 3.70. The van der Waals surface area contributed by atoms with Gasteiger partial charge in [0.15, 0.2) is 11.5 Å². The molecule has 0 unspecified atom stereocenters. The van der Waals surface area contributed by atoms with Crippen molar-refractivity contribution in [2.75, 3.05) is 20.1 Å². The summed E-state index contributed by atoms with van der Waals surface area (Å²) >= 11 is 0. The van der Waals surface area contributed by atoms with E-state index in [-0.39, 0.29) is 35.2 Å². The molecule has 2 N–H and O–H groups in total. The Morgan fingerprint density at radius 1 is 1.26 bits per heavy atom. The molecule has 3 aliphatic carbocycles. The third kappa shape index (κ3) is 4.09. The summed E-state index contributed by atoms with van der Waals surface area (Å²) in [6.07, 6.45) is 0.894. The summed E-state index contributed by atoms with van der Waals surface area (Å²) < 4.78 is 45.9. The number of nitrogens with zero attached hydrogens (tertiary/aromatic N) is 3. The summed E-state index contributed by atoms with van der Waals surface area (Å²) in [6.45, 7) is 1.45. The molecule has 1 amide bonds. The molecule has 2 bridgehead atoms. The van der Waals surface area contributed by atoms with Crippen molar-refractivity contribution >= 4 is 17.7 Å². The number of likely N-dealkylation sites (N-methyl/N-ethyl adjacent to an activating group) is 1. The Bertz CT molecular complexity index is 1560. The van der Waals surface area contributed by atoms with Crippen molar-refractivity contribution in [3.05, 3.63) is 68.8 Å². The Morgan fingerprint density at radius 3 is 2.72 bits per heavy atom. The largest absolute Gasteiger partial charge is 0.504 e. The van der Waals surface area contributed by atoms with Crippen molar-refractivity contribution in [2.45, 2.75) is 73.9 Å². The summed E-state index contributed by atoms with van der Waals surface area (Å²) in [5.41, 5.74) is -2.21. The molecule has 7 rings (SSSR count). The summed E-state index contributed by atoms with van der Waals surface area (Å²) in [6, 6.07) is 4.86. The number of benzene rings is 2. The molecule has 5 aliphatic rings. The zero-order valence-corrected chi connectivity index (χ0v) is 23.5. The van der Waals surface area contributed by atoms with Crippen molar-refractivity contribution in [1.29, 1.82) is 0 Å². The molecule has 2 aromatic carbocycles. The number of nitro groups is 1.